The summed E-state index contributed by atoms with van der Waals surface area (Å²) in [7, 11) is 1.63. The Morgan fingerprint density at radius 2 is 1.86 bits per heavy atom. The summed E-state index contributed by atoms with van der Waals surface area (Å²) in [6.45, 7) is 3.48. The van der Waals surface area contributed by atoms with Crippen LogP contribution in [-0.2, 0) is 15.1 Å². The molecule has 1 aromatic rings. The number of rotatable bonds is 5. The van der Waals surface area contributed by atoms with Crippen LogP contribution in [0.4, 0.5) is 0 Å². The summed E-state index contributed by atoms with van der Waals surface area (Å²) in [6.07, 6.45) is 1.56. The number of primary amides is 1. The van der Waals surface area contributed by atoms with Gasteiger partial charge in [0.2, 0.25) is 5.91 Å². The minimum atomic E-state index is -0.376. The first-order chi connectivity index (χ1) is 10.4. The first-order valence-electron chi connectivity index (χ1n) is 7.50. The van der Waals surface area contributed by atoms with E-state index in [-0.39, 0.29) is 17.4 Å². The fourth-order valence-electron chi connectivity index (χ4n) is 3.19. The Hall–Kier alpha value is -2.08. The van der Waals surface area contributed by atoms with Crippen LogP contribution in [-0.4, -0.2) is 38.6 Å². The van der Waals surface area contributed by atoms with Crippen LogP contribution in [0.25, 0.3) is 0 Å². The maximum atomic E-state index is 11.7. The van der Waals surface area contributed by atoms with E-state index >= 15 is 0 Å². The topological polar surface area (TPSA) is 85.9 Å². The average molecular weight is 306 g/mol. The second-order valence-electron chi connectivity index (χ2n) is 5.88. The van der Waals surface area contributed by atoms with Crippen molar-refractivity contribution in [2.75, 3.05) is 26.7 Å². The van der Waals surface area contributed by atoms with Gasteiger partial charge in [-0.1, -0.05) is 12.1 Å². The molecule has 0 saturated carbocycles. The van der Waals surface area contributed by atoms with Gasteiger partial charge in [-0.05, 0) is 17.7 Å². The van der Waals surface area contributed by atoms with Gasteiger partial charge in [0.1, 0.15) is 5.75 Å². The van der Waals surface area contributed by atoms with E-state index < -0.39 is 0 Å². The van der Waals surface area contributed by atoms with Crippen molar-refractivity contribution in [1.29, 1.82) is 0 Å². The first kappa shape index (κ1) is 16.3. The van der Waals surface area contributed by atoms with Crippen LogP contribution in [0.15, 0.2) is 24.3 Å². The number of likely N-dealkylation sites (tertiary alicyclic amines) is 1. The summed E-state index contributed by atoms with van der Waals surface area (Å²) < 4.78 is 5.19. The number of nitrogens with two attached hydrogens (primary N) is 1. The van der Waals surface area contributed by atoms with Crippen molar-refractivity contribution in [3.05, 3.63) is 29.8 Å². The minimum Gasteiger partial charge on any atom is -0.497 e. The Labute approximate surface area is 130 Å². The molecule has 2 rings (SSSR count). The van der Waals surface area contributed by atoms with Gasteiger partial charge in [0.05, 0.1) is 25.7 Å². The zero-order chi connectivity index (χ0) is 16.2. The molecule has 6 nitrogen and oxygen atoms in total. The van der Waals surface area contributed by atoms with E-state index in [1.54, 1.807) is 7.11 Å². The summed E-state index contributed by atoms with van der Waals surface area (Å²) in [6, 6.07) is 7.80. The van der Waals surface area contributed by atoms with Crippen LogP contribution in [0.2, 0.25) is 0 Å². The van der Waals surface area contributed by atoms with E-state index in [2.05, 4.69) is 5.32 Å². The molecule has 1 aromatic carbocycles. The summed E-state index contributed by atoms with van der Waals surface area (Å²) >= 11 is 0. The fourth-order valence-corrected chi connectivity index (χ4v) is 3.19. The van der Waals surface area contributed by atoms with E-state index in [0.29, 0.717) is 6.54 Å². The van der Waals surface area contributed by atoms with Gasteiger partial charge in [-0.2, -0.15) is 0 Å². The number of piperidine rings is 1. The summed E-state index contributed by atoms with van der Waals surface area (Å²) in [5, 5.41) is 3.11. The predicted octanol–water partition coefficient (Wildman–Crippen LogP) is -0.809. The lowest BCUT2D eigenvalue weighted by molar-refractivity contribution is -0.898. The second-order valence-corrected chi connectivity index (χ2v) is 5.88. The normalized spacial score (nSPS) is 24.5. The summed E-state index contributed by atoms with van der Waals surface area (Å²) in [4.78, 5) is 23.9. The quantitative estimate of drug-likeness (QED) is 0.665. The number of ether oxygens (including phenoxy) is 1. The van der Waals surface area contributed by atoms with Crippen LogP contribution in [0, 0.1) is 0 Å². The molecule has 0 spiro atoms. The molecule has 1 heterocycles. The van der Waals surface area contributed by atoms with E-state index in [0.717, 1.165) is 37.2 Å². The lowest BCUT2D eigenvalue weighted by atomic mass is 9.80. The monoisotopic (exact) mass is 306 g/mol. The zero-order valence-corrected chi connectivity index (χ0v) is 13.1. The van der Waals surface area contributed by atoms with Gasteiger partial charge >= 0.3 is 0 Å². The maximum Gasteiger partial charge on any atom is 0.272 e. The zero-order valence-electron chi connectivity index (χ0n) is 13.1. The lowest BCUT2D eigenvalue weighted by Gasteiger charge is -2.40. The summed E-state index contributed by atoms with van der Waals surface area (Å²) in [5.74, 6) is 0.458. The molecule has 0 atom stereocenters. The van der Waals surface area contributed by atoms with Gasteiger partial charge in [0.15, 0.2) is 6.54 Å². The van der Waals surface area contributed by atoms with Crippen LogP contribution in [0.3, 0.4) is 0 Å². The maximum absolute atomic E-state index is 11.7. The molecule has 1 aliphatic rings. The number of methoxy groups -OCH3 is 1. The third-order valence-electron chi connectivity index (χ3n) is 4.29. The van der Waals surface area contributed by atoms with E-state index in [1.165, 1.54) is 11.8 Å². The molecule has 0 aromatic heterocycles. The molecule has 0 unspecified atom stereocenters. The smallest absolute Gasteiger partial charge is 0.272 e. The second kappa shape index (κ2) is 6.79. The van der Waals surface area contributed by atoms with Gasteiger partial charge in [-0.15, -0.1) is 0 Å². The van der Waals surface area contributed by atoms with Crippen molar-refractivity contribution in [2.24, 2.45) is 5.73 Å². The predicted molar refractivity (Wildman–Crippen MR) is 82.5 cm³/mol. The molecule has 22 heavy (non-hydrogen) atoms. The first-order valence-corrected chi connectivity index (χ1v) is 7.50. The Bertz CT molecular complexity index is 534. The van der Waals surface area contributed by atoms with Crippen LogP contribution in [0.1, 0.15) is 25.3 Å². The van der Waals surface area contributed by atoms with Gasteiger partial charge < -0.3 is 20.7 Å². The molecule has 1 fully saturated rings. The van der Waals surface area contributed by atoms with E-state index in [4.69, 9.17) is 10.5 Å². The van der Waals surface area contributed by atoms with Crippen molar-refractivity contribution in [3.8, 4) is 5.75 Å². The van der Waals surface area contributed by atoms with E-state index in [9.17, 15) is 9.59 Å². The number of carbonyl (C=O) groups excluding carboxylic acids is 2. The van der Waals surface area contributed by atoms with Gasteiger partial charge in [0, 0.05) is 19.8 Å². The molecule has 4 N–H and O–H groups in total. The number of carbonyl (C=O) groups is 2. The Kier molecular flexibility index (Phi) is 5.03. The highest BCUT2D eigenvalue weighted by Gasteiger charge is 2.39. The number of quaternary nitrogens is 1. The third-order valence-corrected chi connectivity index (χ3v) is 4.29. The standard InChI is InChI=1S/C16H23N3O3/c1-12(20)18-16(13-3-5-14(22-2)6-4-13)7-9-19(10-8-16)11-15(17)21/h3-6H,7-11H2,1-2H3,(H2,17,21)(H,18,20)/p+1. The number of hydrogen-bond donors (Lipinski definition) is 3. The highest BCUT2D eigenvalue weighted by atomic mass is 16.5. The van der Waals surface area contributed by atoms with Gasteiger partial charge in [-0.3, -0.25) is 9.59 Å². The van der Waals surface area contributed by atoms with Crippen molar-refractivity contribution in [3.63, 3.8) is 0 Å². The molecule has 1 saturated heterocycles. The highest BCUT2D eigenvalue weighted by Crippen LogP contribution is 2.31. The molecule has 0 radical (unpaired) electrons. The van der Waals surface area contributed by atoms with Gasteiger partial charge in [-0.25, -0.2) is 0 Å². The molecule has 6 heteroatoms. The van der Waals surface area contributed by atoms with Crippen molar-refractivity contribution >= 4 is 11.8 Å². The average Bonchev–Trinajstić information content (AvgIpc) is 2.48. The van der Waals surface area contributed by atoms with Crippen molar-refractivity contribution in [1.82, 2.24) is 5.32 Å². The Balaban J connectivity index is 2.18. The van der Waals surface area contributed by atoms with Crippen LogP contribution >= 0.6 is 0 Å². The molecule has 0 bridgehead atoms. The molecular weight excluding hydrogens is 282 g/mol. The number of hydrogen-bond acceptors (Lipinski definition) is 3. The van der Waals surface area contributed by atoms with Crippen LogP contribution < -0.4 is 20.7 Å². The molecule has 2 amide bonds. The third kappa shape index (κ3) is 3.76. The molecule has 120 valence electrons. The van der Waals surface area contributed by atoms with E-state index in [1.807, 2.05) is 24.3 Å². The SMILES string of the molecule is COc1ccc(C2(NC(C)=O)CC[NH+](CC(N)=O)CC2)cc1. The molecular formula is C16H24N3O3+. The largest absolute Gasteiger partial charge is 0.497 e. The molecule has 1 aliphatic heterocycles. The molecule has 0 aliphatic carbocycles. The lowest BCUT2D eigenvalue weighted by Crippen LogP contribution is -3.14. The van der Waals surface area contributed by atoms with Crippen LogP contribution in [0.5, 0.6) is 5.75 Å². The van der Waals surface area contributed by atoms with Crippen molar-refractivity contribution < 1.29 is 19.2 Å². The van der Waals surface area contributed by atoms with Crippen molar-refractivity contribution in [2.45, 2.75) is 25.3 Å². The fraction of sp³-hybridized carbons (Fsp3) is 0.500. The number of benzene rings is 1. The Morgan fingerprint density at radius 3 is 2.32 bits per heavy atom. The van der Waals surface area contributed by atoms with Gasteiger partial charge in [0.25, 0.3) is 5.91 Å². The highest BCUT2D eigenvalue weighted by molar-refractivity contribution is 5.75. The number of nitrogens with one attached hydrogen (secondary N) is 2. The Morgan fingerprint density at radius 1 is 1.27 bits per heavy atom. The minimum absolute atomic E-state index is 0.0471. The summed E-state index contributed by atoms with van der Waals surface area (Å²) in [5.41, 5.74) is 5.97. The number of amides is 2.